The van der Waals surface area contributed by atoms with Gasteiger partial charge in [0, 0.05) is 27.4 Å². The van der Waals surface area contributed by atoms with Gasteiger partial charge in [-0.1, -0.05) is 41.4 Å². The van der Waals surface area contributed by atoms with Crippen molar-refractivity contribution < 1.29 is 19.0 Å². The van der Waals surface area contributed by atoms with Crippen LogP contribution < -0.4 is 24.8 Å². The average Bonchev–Trinajstić information content (AvgIpc) is 3.40. The number of amides is 1. The third kappa shape index (κ3) is 5.50. The quantitative estimate of drug-likeness (QED) is 0.266. The summed E-state index contributed by atoms with van der Waals surface area (Å²) in [6.07, 6.45) is 1.45. The summed E-state index contributed by atoms with van der Waals surface area (Å²) in [6.45, 7) is 2.12. The van der Waals surface area contributed by atoms with Crippen molar-refractivity contribution in [1.82, 2.24) is 14.8 Å². The summed E-state index contributed by atoms with van der Waals surface area (Å²) >= 11 is 12.3. The number of nitrogens with one attached hydrogen (secondary N) is 2. The van der Waals surface area contributed by atoms with Crippen molar-refractivity contribution in [1.29, 1.82) is 0 Å². The van der Waals surface area contributed by atoms with Gasteiger partial charge in [-0.25, -0.2) is 4.68 Å². The number of rotatable bonds is 8. The average molecular weight is 566 g/mol. The summed E-state index contributed by atoms with van der Waals surface area (Å²) in [5, 5.41) is 11.6. The highest BCUT2D eigenvalue weighted by Crippen LogP contribution is 2.37. The van der Waals surface area contributed by atoms with Crippen LogP contribution in [0.3, 0.4) is 0 Å². The topological polar surface area (TPSA) is 99.5 Å². The minimum atomic E-state index is -0.534. The zero-order chi connectivity index (χ0) is 27.5. The van der Waals surface area contributed by atoms with Crippen LogP contribution in [0.15, 0.2) is 78.3 Å². The highest BCUT2D eigenvalue weighted by atomic mass is 35.5. The zero-order valence-corrected chi connectivity index (χ0v) is 22.9. The molecule has 0 fully saturated rings. The van der Waals surface area contributed by atoms with Gasteiger partial charge in [0.1, 0.15) is 36.2 Å². The second-order valence-electron chi connectivity index (χ2n) is 8.71. The summed E-state index contributed by atoms with van der Waals surface area (Å²) in [5.41, 5.74) is 3.29. The lowest BCUT2D eigenvalue weighted by molar-refractivity contribution is -0.113. The van der Waals surface area contributed by atoms with E-state index in [-0.39, 0.29) is 12.5 Å². The van der Waals surface area contributed by atoms with E-state index < -0.39 is 6.04 Å². The first kappa shape index (κ1) is 26.4. The van der Waals surface area contributed by atoms with Gasteiger partial charge < -0.3 is 24.8 Å². The standard InChI is InChI=1S/C28H25Cl2N5O4/c1-16-25(27(36)34-23-11-10-21(37-2)13-24(23)38-3)26(35-28(33-16)31-15-32-35)17-5-8-20(9-6-17)39-14-18-4-7-19(29)12-22(18)30/h4-13,15,26H,14H2,1-3H3,(H,34,36)(H,31,32,33)/t26-/m0/s1. The summed E-state index contributed by atoms with van der Waals surface area (Å²) in [5.74, 6) is 1.96. The van der Waals surface area contributed by atoms with Gasteiger partial charge in [0.15, 0.2) is 0 Å². The lowest BCUT2D eigenvalue weighted by atomic mass is 9.95. The Labute approximate surface area is 235 Å². The molecule has 1 aliphatic rings. The minimum absolute atomic E-state index is 0.284. The normalized spacial score (nSPS) is 14.3. The molecule has 0 unspecified atom stereocenters. The number of carbonyl (C=O) groups excluding carboxylic acids is 1. The second kappa shape index (κ2) is 11.3. The molecule has 1 atom stereocenters. The van der Waals surface area contributed by atoms with E-state index in [1.807, 2.05) is 37.3 Å². The Balaban J connectivity index is 1.41. The number of anilines is 2. The fourth-order valence-electron chi connectivity index (χ4n) is 4.33. The van der Waals surface area contributed by atoms with Gasteiger partial charge in [-0.2, -0.15) is 10.1 Å². The molecule has 0 saturated carbocycles. The van der Waals surface area contributed by atoms with Gasteiger partial charge in [-0.05, 0) is 48.9 Å². The van der Waals surface area contributed by atoms with Gasteiger partial charge >= 0.3 is 0 Å². The molecule has 9 nitrogen and oxygen atoms in total. The third-order valence-electron chi connectivity index (χ3n) is 6.30. The van der Waals surface area contributed by atoms with Crippen molar-refractivity contribution in [2.75, 3.05) is 24.9 Å². The number of halogens is 2. The van der Waals surface area contributed by atoms with Crippen LogP contribution in [0.1, 0.15) is 24.1 Å². The molecular formula is C28H25Cl2N5O4. The van der Waals surface area contributed by atoms with E-state index >= 15 is 0 Å². The molecule has 200 valence electrons. The molecule has 0 aliphatic carbocycles. The maximum absolute atomic E-state index is 13.7. The number of hydrogen-bond acceptors (Lipinski definition) is 7. The molecule has 0 spiro atoms. The minimum Gasteiger partial charge on any atom is -0.497 e. The number of methoxy groups -OCH3 is 2. The van der Waals surface area contributed by atoms with Crippen LogP contribution in [0.25, 0.3) is 0 Å². The van der Waals surface area contributed by atoms with Crippen LogP contribution in [0, 0.1) is 0 Å². The van der Waals surface area contributed by atoms with Gasteiger partial charge in [0.25, 0.3) is 5.91 Å². The van der Waals surface area contributed by atoms with E-state index in [1.54, 1.807) is 42.1 Å². The first-order chi connectivity index (χ1) is 18.9. The summed E-state index contributed by atoms with van der Waals surface area (Å²) in [6, 6.07) is 17.4. The first-order valence-electron chi connectivity index (χ1n) is 11.9. The van der Waals surface area contributed by atoms with Crippen molar-refractivity contribution in [3.05, 3.63) is 99.4 Å². The third-order valence-corrected chi connectivity index (χ3v) is 6.89. The molecule has 1 aliphatic heterocycles. The predicted molar refractivity (Wildman–Crippen MR) is 150 cm³/mol. The maximum Gasteiger partial charge on any atom is 0.255 e. The van der Waals surface area contributed by atoms with E-state index in [2.05, 4.69) is 20.7 Å². The highest BCUT2D eigenvalue weighted by Gasteiger charge is 2.33. The van der Waals surface area contributed by atoms with Crippen LogP contribution in [-0.4, -0.2) is 34.9 Å². The monoisotopic (exact) mass is 565 g/mol. The van der Waals surface area contributed by atoms with Crippen molar-refractivity contribution in [2.45, 2.75) is 19.6 Å². The van der Waals surface area contributed by atoms with E-state index in [4.69, 9.17) is 37.4 Å². The molecule has 2 heterocycles. The van der Waals surface area contributed by atoms with E-state index in [1.165, 1.54) is 13.4 Å². The van der Waals surface area contributed by atoms with Crippen molar-refractivity contribution in [2.24, 2.45) is 0 Å². The molecule has 0 radical (unpaired) electrons. The number of aromatic nitrogens is 3. The van der Waals surface area contributed by atoms with Gasteiger partial charge in [-0.3, -0.25) is 4.79 Å². The van der Waals surface area contributed by atoms with E-state index in [0.717, 1.165) is 11.1 Å². The fourth-order valence-corrected chi connectivity index (χ4v) is 4.79. The number of fused-ring (bicyclic) bond motifs is 1. The van der Waals surface area contributed by atoms with Crippen molar-refractivity contribution >= 4 is 40.7 Å². The molecule has 3 aromatic carbocycles. The molecular weight excluding hydrogens is 541 g/mol. The summed E-state index contributed by atoms with van der Waals surface area (Å²) in [4.78, 5) is 18.0. The Morgan fingerprint density at radius 2 is 1.79 bits per heavy atom. The molecule has 0 bridgehead atoms. The van der Waals surface area contributed by atoms with Crippen molar-refractivity contribution in [3.8, 4) is 17.2 Å². The number of nitrogens with zero attached hydrogens (tertiary/aromatic N) is 3. The van der Waals surface area contributed by atoms with Crippen LogP contribution >= 0.6 is 23.2 Å². The summed E-state index contributed by atoms with van der Waals surface area (Å²) < 4.78 is 18.3. The maximum atomic E-state index is 13.7. The van der Waals surface area contributed by atoms with Gasteiger partial charge in [0.2, 0.25) is 5.95 Å². The number of hydrogen-bond donors (Lipinski definition) is 2. The SMILES string of the molecule is COc1ccc(NC(=O)C2=C(C)Nc3ncnn3[C@H]2c2ccc(OCc3ccc(Cl)cc3Cl)cc2)c(OC)c1. The van der Waals surface area contributed by atoms with Gasteiger partial charge in [0.05, 0.1) is 25.5 Å². The Kier molecular flexibility index (Phi) is 7.63. The van der Waals surface area contributed by atoms with Gasteiger partial charge in [-0.15, -0.1) is 0 Å². The Bertz CT molecular complexity index is 1550. The highest BCUT2D eigenvalue weighted by molar-refractivity contribution is 6.35. The first-order valence-corrected chi connectivity index (χ1v) is 12.7. The molecule has 1 amide bonds. The molecule has 1 aromatic heterocycles. The summed E-state index contributed by atoms with van der Waals surface area (Å²) in [7, 11) is 3.10. The largest absolute Gasteiger partial charge is 0.497 e. The number of carbonyl (C=O) groups is 1. The number of benzene rings is 3. The molecule has 0 saturated heterocycles. The van der Waals surface area contributed by atoms with Crippen LogP contribution in [0.5, 0.6) is 17.2 Å². The number of allylic oxidation sites excluding steroid dienone is 1. The molecule has 39 heavy (non-hydrogen) atoms. The Morgan fingerprint density at radius 3 is 2.51 bits per heavy atom. The van der Waals surface area contributed by atoms with E-state index in [0.29, 0.717) is 50.2 Å². The molecule has 4 aromatic rings. The van der Waals surface area contributed by atoms with Crippen LogP contribution in [0.2, 0.25) is 10.0 Å². The van der Waals surface area contributed by atoms with Crippen LogP contribution in [-0.2, 0) is 11.4 Å². The molecule has 5 rings (SSSR count). The predicted octanol–water partition coefficient (Wildman–Crippen LogP) is 6.11. The number of ether oxygens (including phenoxy) is 3. The van der Waals surface area contributed by atoms with Crippen molar-refractivity contribution in [3.63, 3.8) is 0 Å². The molecule has 2 N–H and O–H groups in total. The zero-order valence-electron chi connectivity index (χ0n) is 21.4. The second-order valence-corrected chi connectivity index (χ2v) is 9.55. The Morgan fingerprint density at radius 1 is 1.03 bits per heavy atom. The fraction of sp³-hybridized carbons (Fsp3) is 0.179. The lowest BCUT2D eigenvalue weighted by Gasteiger charge is -2.29. The molecule has 11 heteroatoms. The Hall–Kier alpha value is -4.21. The van der Waals surface area contributed by atoms with Crippen LogP contribution in [0.4, 0.5) is 11.6 Å². The van der Waals surface area contributed by atoms with E-state index in [9.17, 15) is 4.79 Å². The lowest BCUT2D eigenvalue weighted by Crippen LogP contribution is -2.31. The smallest absolute Gasteiger partial charge is 0.255 e.